The van der Waals surface area contributed by atoms with Gasteiger partial charge in [0.05, 0.1) is 12.6 Å². The van der Waals surface area contributed by atoms with Gasteiger partial charge in [0.1, 0.15) is 0 Å². The zero-order chi connectivity index (χ0) is 8.27. The van der Waals surface area contributed by atoms with E-state index in [4.69, 9.17) is 4.74 Å². The fourth-order valence-electron chi connectivity index (χ4n) is 1.21. The van der Waals surface area contributed by atoms with Gasteiger partial charge >= 0.3 is 0 Å². The number of nitrogens with zero attached hydrogens (tertiary/aromatic N) is 1. The lowest BCUT2D eigenvalue weighted by Crippen LogP contribution is -2.52. The van der Waals surface area contributed by atoms with E-state index in [2.05, 4.69) is 6.58 Å². The summed E-state index contributed by atoms with van der Waals surface area (Å²) in [6, 6.07) is 0.283. The molecule has 1 saturated heterocycles. The molecule has 1 amide bonds. The maximum atomic E-state index is 11.0. The largest absolute Gasteiger partial charge is 0.383 e. The summed E-state index contributed by atoms with van der Waals surface area (Å²) in [4.78, 5) is 12.8. The Kier molecular flexibility index (Phi) is 2.65. The highest BCUT2D eigenvalue weighted by Gasteiger charge is 2.30. The molecule has 0 N–H and O–H groups in total. The number of ether oxygens (including phenoxy) is 1. The van der Waals surface area contributed by atoms with Crippen LogP contribution in [0.4, 0.5) is 0 Å². The van der Waals surface area contributed by atoms with Crippen LogP contribution in [0.5, 0.6) is 0 Å². The van der Waals surface area contributed by atoms with Crippen LogP contribution in [0.3, 0.4) is 0 Å². The van der Waals surface area contributed by atoms with Gasteiger partial charge in [-0.2, -0.15) is 0 Å². The number of rotatable bonds is 3. The van der Waals surface area contributed by atoms with Gasteiger partial charge in [-0.15, -0.1) is 0 Å². The fraction of sp³-hybridized carbons (Fsp3) is 0.625. The van der Waals surface area contributed by atoms with E-state index < -0.39 is 0 Å². The molecule has 1 aliphatic rings. The number of carbonyl (C=O) groups is 1. The number of likely N-dealkylation sites (tertiary alicyclic amines) is 1. The monoisotopic (exact) mass is 155 g/mol. The Morgan fingerprint density at radius 2 is 2.64 bits per heavy atom. The van der Waals surface area contributed by atoms with E-state index in [9.17, 15) is 4.79 Å². The van der Waals surface area contributed by atoms with Crippen molar-refractivity contribution in [2.75, 3.05) is 20.3 Å². The molecule has 0 spiro atoms. The Balaban J connectivity index is 2.36. The smallest absolute Gasteiger partial charge is 0.246 e. The molecule has 0 aromatic heterocycles. The summed E-state index contributed by atoms with van der Waals surface area (Å²) in [7, 11) is 1.65. The summed E-state index contributed by atoms with van der Waals surface area (Å²) in [5, 5.41) is 0. The van der Waals surface area contributed by atoms with Gasteiger partial charge in [0.25, 0.3) is 0 Å². The number of hydrogen-bond acceptors (Lipinski definition) is 2. The Hall–Kier alpha value is -0.830. The zero-order valence-electron chi connectivity index (χ0n) is 6.75. The summed E-state index contributed by atoms with van der Waals surface area (Å²) in [6.45, 7) is 4.91. The topological polar surface area (TPSA) is 29.5 Å². The van der Waals surface area contributed by atoms with Crippen LogP contribution >= 0.6 is 0 Å². The molecular weight excluding hydrogens is 142 g/mol. The second-order valence-electron chi connectivity index (χ2n) is 2.63. The van der Waals surface area contributed by atoms with Crippen LogP contribution in [0.1, 0.15) is 6.42 Å². The highest BCUT2D eigenvalue weighted by atomic mass is 16.5. The van der Waals surface area contributed by atoms with E-state index in [-0.39, 0.29) is 11.9 Å². The van der Waals surface area contributed by atoms with Crippen LogP contribution in [0, 0.1) is 0 Å². The molecule has 0 radical (unpaired) electrons. The minimum absolute atomic E-state index is 0.0123. The van der Waals surface area contributed by atoms with Crippen LogP contribution < -0.4 is 0 Å². The van der Waals surface area contributed by atoms with Gasteiger partial charge in [0.15, 0.2) is 0 Å². The molecule has 0 bridgehead atoms. The maximum absolute atomic E-state index is 11.0. The number of carbonyl (C=O) groups excluding carboxylic acids is 1. The van der Waals surface area contributed by atoms with E-state index in [1.807, 2.05) is 0 Å². The van der Waals surface area contributed by atoms with Crippen LogP contribution in [0.2, 0.25) is 0 Å². The summed E-state index contributed by atoms with van der Waals surface area (Å²) in [5.74, 6) is 0.0123. The lowest BCUT2D eigenvalue weighted by Gasteiger charge is -2.39. The lowest BCUT2D eigenvalue weighted by molar-refractivity contribution is -0.135. The fourth-order valence-corrected chi connectivity index (χ4v) is 1.21. The first-order valence-electron chi connectivity index (χ1n) is 3.71. The molecule has 0 aliphatic carbocycles. The Bertz CT molecular complexity index is 167. The number of hydrogen-bond donors (Lipinski definition) is 0. The first-order valence-corrected chi connectivity index (χ1v) is 3.71. The Labute approximate surface area is 66.6 Å². The van der Waals surface area contributed by atoms with Gasteiger partial charge in [-0.1, -0.05) is 6.58 Å². The normalized spacial score (nSPS) is 22.6. The standard InChI is InChI=1S/C8H13NO2/c1-3-8(10)9-5-4-7(9)6-11-2/h3,7H,1,4-6H2,2H3. The van der Waals surface area contributed by atoms with Crippen molar-refractivity contribution in [1.82, 2.24) is 4.90 Å². The Morgan fingerprint density at radius 3 is 3.00 bits per heavy atom. The zero-order valence-corrected chi connectivity index (χ0v) is 6.75. The summed E-state index contributed by atoms with van der Waals surface area (Å²) < 4.78 is 4.94. The van der Waals surface area contributed by atoms with Crippen molar-refractivity contribution in [2.45, 2.75) is 12.5 Å². The van der Waals surface area contributed by atoms with Gasteiger partial charge in [-0.25, -0.2) is 0 Å². The SMILES string of the molecule is C=CC(=O)N1CCC1COC. The number of methoxy groups -OCH3 is 1. The van der Waals surface area contributed by atoms with Gasteiger partial charge in [-0.05, 0) is 12.5 Å². The Morgan fingerprint density at radius 1 is 1.91 bits per heavy atom. The molecule has 1 atom stereocenters. The van der Waals surface area contributed by atoms with Crippen molar-refractivity contribution in [3.8, 4) is 0 Å². The summed E-state index contributed by atoms with van der Waals surface area (Å²) >= 11 is 0. The van der Waals surface area contributed by atoms with Gasteiger partial charge in [-0.3, -0.25) is 4.79 Å². The van der Waals surface area contributed by atoms with E-state index in [1.54, 1.807) is 12.0 Å². The third-order valence-electron chi connectivity index (χ3n) is 1.96. The molecule has 1 aliphatic heterocycles. The van der Waals surface area contributed by atoms with Gasteiger partial charge in [0.2, 0.25) is 5.91 Å². The van der Waals surface area contributed by atoms with Crippen molar-refractivity contribution in [2.24, 2.45) is 0 Å². The van der Waals surface area contributed by atoms with Gasteiger partial charge < -0.3 is 9.64 Å². The highest BCUT2D eigenvalue weighted by Crippen LogP contribution is 2.17. The predicted molar refractivity (Wildman–Crippen MR) is 42.2 cm³/mol. The van der Waals surface area contributed by atoms with Crippen LogP contribution in [-0.2, 0) is 9.53 Å². The summed E-state index contributed by atoms with van der Waals surface area (Å²) in [6.07, 6.45) is 2.40. The van der Waals surface area contributed by atoms with Crippen LogP contribution in [-0.4, -0.2) is 37.1 Å². The van der Waals surface area contributed by atoms with Crippen LogP contribution in [0.15, 0.2) is 12.7 Å². The quantitative estimate of drug-likeness (QED) is 0.553. The minimum atomic E-state index is 0.0123. The molecule has 1 fully saturated rings. The molecule has 0 aromatic carbocycles. The number of amides is 1. The van der Waals surface area contributed by atoms with Gasteiger partial charge in [0, 0.05) is 13.7 Å². The highest BCUT2D eigenvalue weighted by molar-refractivity contribution is 5.87. The van der Waals surface area contributed by atoms with Crippen molar-refractivity contribution in [3.05, 3.63) is 12.7 Å². The van der Waals surface area contributed by atoms with E-state index in [0.29, 0.717) is 6.61 Å². The molecule has 1 heterocycles. The second-order valence-corrected chi connectivity index (χ2v) is 2.63. The molecule has 0 aromatic rings. The average molecular weight is 155 g/mol. The molecule has 3 nitrogen and oxygen atoms in total. The second kappa shape index (κ2) is 3.53. The minimum Gasteiger partial charge on any atom is -0.383 e. The van der Waals surface area contributed by atoms with E-state index in [0.717, 1.165) is 13.0 Å². The molecule has 3 heteroatoms. The third kappa shape index (κ3) is 1.60. The molecule has 0 saturated carbocycles. The van der Waals surface area contributed by atoms with Crippen LogP contribution in [0.25, 0.3) is 0 Å². The average Bonchev–Trinajstić information content (AvgIpc) is 1.98. The third-order valence-corrected chi connectivity index (χ3v) is 1.96. The van der Waals surface area contributed by atoms with Crippen molar-refractivity contribution >= 4 is 5.91 Å². The predicted octanol–water partition coefficient (Wildman–Crippen LogP) is 0.420. The molecule has 1 rings (SSSR count). The lowest BCUT2D eigenvalue weighted by atomic mass is 10.0. The summed E-state index contributed by atoms with van der Waals surface area (Å²) in [5.41, 5.74) is 0. The van der Waals surface area contributed by atoms with E-state index >= 15 is 0 Å². The first-order chi connectivity index (χ1) is 5.29. The maximum Gasteiger partial charge on any atom is 0.246 e. The molecular formula is C8H13NO2. The first kappa shape index (κ1) is 8.27. The van der Waals surface area contributed by atoms with Crippen molar-refractivity contribution in [3.63, 3.8) is 0 Å². The van der Waals surface area contributed by atoms with Crippen molar-refractivity contribution < 1.29 is 9.53 Å². The molecule has 11 heavy (non-hydrogen) atoms. The van der Waals surface area contributed by atoms with E-state index in [1.165, 1.54) is 6.08 Å². The molecule has 1 unspecified atom stereocenters. The van der Waals surface area contributed by atoms with Crippen molar-refractivity contribution in [1.29, 1.82) is 0 Å². The molecule has 62 valence electrons.